The zero-order valence-corrected chi connectivity index (χ0v) is 19.4. The number of carboxylic acids is 1. The summed E-state index contributed by atoms with van der Waals surface area (Å²) in [6.07, 6.45) is 1.21. The van der Waals surface area contributed by atoms with Gasteiger partial charge in [0.1, 0.15) is 12.4 Å². The van der Waals surface area contributed by atoms with Crippen LogP contribution in [0.3, 0.4) is 0 Å². The molecule has 1 aliphatic rings. The van der Waals surface area contributed by atoms with Crippen molar-refractivity contribution in [1.82, 2.24) is 4.98 Å². The number of hydrogen-bond donors (Lipinski definition) is 1. The third-order valence-corrected chi connectivity index (χ3v) is 6.38. The lowest BCUT2D eigenvalue weighted by Gasteiger charge is -2.29. The van der Waals surface area contributed by atoms with Crippen LogP contribution >= 0.6 is 0 Å². The van der Waals surface area contributed by atoms with Crippen molar-refractivity contribution in [2.75, 3.05) is 13.3 Å². The number of nitrogens with zero attached hydrogens (tertiary/aromatic N) is 1. The maximum Gasteiger partial charge on any atom is 0.337 e. The summed E-state index contributed by atoms with van der Waals surface area (Å²) in [5.74, 6) is -0.392. The molecule has 0 saturated heterocycles. The quantitative estimate of drug-likeness (QED) is 0.372. The van der Waals surface area contributed by atoms with Gasteiger partial charge in [-0.2, -0.15) is 0 Å². The minimum Gasteiger partial charge on any atom is -0.493 e. The highest BCUT2D eigenvalue weighted by Crippen LogP contribution is 2.45. The molecule has 1 atom stereocenters. The van der Waals surface area contributed by atoms with Gasteiger partial charge in [0.25, 0.3) is 0 Å². The van der Waals surface area contributed by atoms with Crippen molar-refractivity contribution >= 4 is 27.6 Å². The van der Waals surface area contributed by atoms with E-state index in [1.54, 1.807) is 20.0 Å². The third kappa shape index (κ3) is 3.68. The number of fused-ring (bicyclic) bond motifs is 1. The first-order valence-corrected chi connectivity index (χ1v) is 11.3. The van der Waals surface area contributed by atoms with Crippen LogP contribution < -0.4 is 4.74 Å². The molecule has 0 saturated carbocycles. The molecule has 0 aliphatic carbocycles. The first-order chi connectivity index (χ1) is 16.3. The number of ether oxygens (including phenoxy) is 2. The summed E-state index contributed by atoms with van der Waals surface area (Å²) in [5, 5.41) is 13.0. The van der Waals surface area contributed by atoms with Crippen LogP contribution in [0.4, 0.5) is 4.39 Å². The second-order valence-electron chi connectivity index (χ2n) is 9.34. The van der Waals surface area contributed by atoms with Gasteiger partial charge < -0.3 is 14.6 Å². The number of halogens is 1. The summed E-state index contributed by atoms with van der Waals surface area (Å²) in [7, 11) is 0. The SMILES string of the molecule is Cc1cc2ccccc2c(-c2ccc3c4c(ccnc24)CCO3)c1[C@H](OC(C)(C)CF)C(=O)O. The fourth-order valence-electron chi connectivity index (χ4n) is 4.82. The van der Waals surface area contributed by atoms with E-state index in [0.717, 1.165) is 56.1 Å². The largest absolute Gasteiger partial charge is 0.493 e. The molecule has 4 aromatic rings. The van der Waals surface area contributed by atoms with Crippen molar-refractivity contribution in [2.45, 2.75) is 38.9 Å². The van der Waals surface area contributed by atoms with Crippen LogP contribution in [0.25, 0.3) is 32.8 Å². The number of aryl methyl sites for hydroxylation is 1. The Morgan fingerprint density at radius 3 is 2.79 bits per heavy atom. The van der Waals surface area contributed by atoms with Gasteiger partial charge in [0.05, 0.1) is 17.7 Å². The monoisotopic (exact) mass is 459 g/mol. The Bertz CT molecular complexity index is 1420. The number of rotatable bonds is 6. The van der Waals surface area contributed by atoms with Gasteiger partial charge in [0, 0.05) is 29.1 Å². The van der Waals surface area contributed by atoms with E-state index < -0.39 is 24.3 Å². The molecule has 6 heteroatoms. The van der Waals surface area contributed by atoms with E-state index in [2.05, 4.69) is 0 Å². The number of hydrogen-bond acceptors (Lipinski definition) is 4. The third-order valence-electron chi connectivity index (χ3n) is 6.38. The minimum absolute atomic E-state index is 0.506. The number of alkyl halides is 1. The molecular formula is C28H26FNO4. The zero-order chi connectivity index (χ0) is 24.0. The molecule has 3 aromatic carbocycles. The number of carboxylic acid groups (broad SMARTS) is 1. The lowest BCUT2D eigenvalue weighted by molar-refractivity contribution is -0.163. The van der Waals surface area contributed by atoms with E-state index >= 15 is 0 Å². The Balaban J connectivity index is 1.88. The molecule has 0 bridgehead atoms. The van der Waals surface area contributed by atoms with Crippen molar-refractivity contribution in [3.63, 3.8) is 0 Å². The Hall–Kier alpha value is -3.51. The Labute approximate surface area is 197 Å². The molecule has 1 aliphatic heterocycles. The summed E-state index contributed by atoms with van der Waals surface area (Å²) in [5.41, 5.74) is 3.44. The lowest BCUT2D eigenvalue weighted by Crippen LogP contribution is -2.33. The first-order valence-electron chi connectivity index (χ1n) is 11.3. The zero-order valence-electron chi connectivity index (χ0n) is 19.4. The van der Waals surface area contributed by atoms with Crippen molar-refractivity contribution in [1.29, 1.82) is 0 Å². The van der Waals surface area contributed by atoms with Gasteiger partial charge in [-0.1, -0.05) is 30.3 Å². The summed E-state index contributed by atoms with van der Waals surface area (Å²) in [6, 6.07) is 15.7. The molecule has 0 fully saturated rings. The number of carbonyl (C=O) groups is 1. The molecule has 0 radical (unpaired) electrons. The van der Waals surface area contributed by atoms with E-state index in [-0.39, 0.29) is 0 Å². The number of benzene rings is 3. The lowest BCUT2D eigenvalue weighted by atomic mass is 9.85. The Morgan fingerprint density at radius 1 is 1.24 bits per heavy atom. The van der Waals surface area contributed by atoms with Gasteiger partial charge in [-0.3, -0.25) is 4.98 Å². The second kappa shape index (κ2) is 8.37. The predicted octanol–water partition coefficient (Wildman–Crippen LogP) is 6.19. The fourth-order valence-corrected chi connectivity index (χ4v) is 4.82. The molecule has 1 N–H and O–H groups in total. The van der Waals surface area contributed by atoms with E-state index in [1.807, 2.05) is 55.5 Å². The molecule has 1 aromatic heterocycles. The first kappa shape index (κ1) is 22.3. The highest BCUT2D eigenvalue weighted by Gasteiger charge is 2.34. The Morgan fingerprint density at radius 2 is 2.03 bits per heavy atom. The highest BCUT2D eigenvalue weighted by molar-refractivity contribution is 6.08. The summed E-state index contributed by atoms with van der Waals surface area (Å²) in [6.45, 7) is 4.78. The molecule has 174 valence electrons. The van der Waals surface area contributed by atoms with Crippen LogP contribution in [0.1, 0.15) is 36.6 Å². The van der Waals surface area contributed by atoms with Crippen molar-refractivity contribution in [3.8, 4) is 16.9 Å². The van der Waals surface area contributed by atoms with Gasteiger partial charge in [0.2, 0.25) is 0 Å². The number of aliphatic carboxylic acids is 1. The highest BCUT2D eigenvalue weighted by atomic mass is 19.1. The number of pyridine rings is 1. The van der Waals surface area contributed by atoms with Gasteiger partial charge in [0.15, 0.2) is 6.10 Å². The summed E-state index contributed by atoms with van der Waals surface area (Å²) in [4.78, 5) is 17.2. The maximum absolute atomic E-state index is 13.7. The molecule has 5 rings (SSSR count). The van der Waals surface area contributed by atoms with Gasteiger partial charge >= 0.3 is 5.97 Å². The average molecular weight is 460 g/mol. The van der Waals surface area contributed by atoms with Crippen LogP contribution in [-0.2, 0) is 16.0 Å². The fraction of sp³-hybridized carbons (Fsp3) is 0.286. The molecule has 2 heterocycles. The predicted molar refractivity (Wildman–Crippen MR) is 130 cm³/mol. The summed E-state index contributed by atoms with van der Waals surface area (Å²) < 4.78 is 25.5. The van der Waals surface area contributed by atoms with Crippen molar-refractivity contribution in [3.05, 3.63) is 71.4 Å². The van der Waals surface area contributed by atoms with E-state index in [9.17, 15) is 14.3 Å². The van der Waals surface area contributed by atoms with Crippen LogP contribution in [0, 0.1) is 6.92 Å². The number of aromatic nitrogens is 1. The average Bonchev–Trinajstić information content (AvgIpc) is 2.83. The van der Waals surface area contributed by atoms with Crippen molar-refractivity contribution < 1.29 is 23.8 Å². The van der Waals surface area contributed by atoms with Crippen LogP contribution in [-0.4, -0.2) is 34.9 Å². The van der Waals surface area contributed by atoms with E-state index in [1.165, 1.54) is 0 Å². The van der Waals surface area contributed by atoms with E-state index in [4.69, 9.17) is 14.5 Å². The molecule has 5 nitrogen and oxygen atoms in total. The topological polar surface area (TPSA) is 68.7 Å². The molecule has 0 amide bonds. The minimum atomic E-state index is -1.35. The molecule has 0 unspecified atom stereocenters. The smallest absolute Gasteiger partial charge is 0.337 e. The van der Waals surface area contributed by atoms with Gasteiger partial charge in [-0.05, 0) is 66.4 Å². The molecular weight excluding hydrogens is 433 g/mol. The van der Waals surface area contributed by atoms with Gasteiger partial charge in [-0.15, -0.1) is 0 Å². The van der Waals surface area contributed by atoms with E-state index in [0.29, 0.717) is 12.2 Å². The molecule has 34 heavy (non-hydrogen) atoms. The summed E-state index contributed by atoms with van der Waals surface area (Å²) >= 11 is 0. The normalized spacial score (nSPS) is 14.2. The van der Waals surface area contributed by atoms with Crippen LogP contribution in [0.5, 0.6) is 5.75 Å². The molecule has 0 spiro atoms. The maximum atomic E-state index is 13.7. The second-order valence-corrected chi connectivity index (χ2v) is 9.34. The van der Waals surface area contributed by atoms with Crippen LogP contribution in [0.2, 0.25) is 0 Å². The standard InChI is InChI=1S/C28H26FNO4/c1-16-14-18-6-4-5-7-19(18)24(22(16)26(27(31)32)34-28(2,3)15-29)20-8-9-21-23-17(11-13-33-21)10-12-30-25(20)23/h4-10,12,14,26H,11,13,15H2,1-3H3,(H,31,32)/t26-/m0/s1. The van der Waals surface area contributed by atoms with Crippen LogP contribution in [0.15, 0.2) is 54.7 Å². The van der Waals surface area contributed by atoms with Gasteiger partial charge in [-0.25, -0.2) is 9.18 Å². The Kier molecular flexibility index (Phi) is 5.48. The van der Waals surface area contributed by atoms with Crippen molar-refractivity contribution in [2.24, 2.45) is 0 Å².